The monoisotopic (exact) mass is 316 g/mol. The maximum absolute atomic E-state index is 12.9. The van der Waals surface area contributed by atoms with E-state index in [1.54, 1.807) is 0 Å². The normalized spacial score (nSPS) is 20.1. The van der Waals surface area contributed by atoms with Gasteiger partial charge in [-0.3, -0.25) is 0 Å². The molecule has 1 atom stereocenters. The van der Waals surface area contributed by atoms with Crippen LogP contribution in [-0.2, 0) is 15.8 Å². The third-order valence-electron chi connectivity index (χ3n) is 3.72. The van der Waals surface area contributed by atoms with Crippen LogP contribution in [0.1, 0.15) is 31.7 Å². The summed E-state index contributed by atoms with van der Waals surface area (Å²) >= 11 is 0. The highest BCUT2D eigenvalue weighted by molar-refractivity contribution is 7.87. The van der Waals surface area contributed by atoms with Gasteiger partial charge in [-0.25, -0.2) is 4.39 Å². The van der Waals surface area contributed by atoms with Gasteiger partial charge in [0, 0.05) is 19.6 Å². The molecule has 5 nitrogen and oxygen atoms in total. The maximum atomic E-state index is 12.9. The molecule has 2 N–H and O–H groups in total. The van der Waals surface area contributed by atoms with Crippen LogP contribution in [-0.4, -0.2) is 37.5 Å². The highest BCUT2D eigenvalue weighted by atomic mass is 32.2. The Bertz CT molecular complexity index is 566. The zero-order valence-electron chi connectivity index (χ0n) is 12.0. The van der Waals surface area contributed by atoms with Crippen molar-refractivity contribution in [1.82, 2.24) is 9.03 Å². The average molecular weight is 316 g/mol. The second-order valence-electron chi connectivity index (χ2n) is 5.57. The van der Waals surface area contributed by atoms with E-state index in [1.807, 2.05) is 0 Å². The number of nitrogens with zero attached hydrogens (tertiary/aromatic N) is 1. The van der Waals surface area contributed by atoms with E-state index < -0.39 is 21.6 Å². The van der Waals surface area contributed by atoms with Crippen LogP contribution < -0.4 is 4.72 Å². The van der Waals surface area contributed by atoms with E-state index in [1.165, 1.54) is 35.5 Å². The lowest BCUT2D eigenvalue weighted by atomic mass is 9.96. The lowest BCUT2D eigenvalue weighted by molar-refractivity contribution is 0.0621. The maximum Gasteiger partial charge on any atom is 0.279 e. The Morgan fingerprint density at radius 1 is 1.24 bits per heavy atom. The molecule has 118 valence electrons. The molecule has 0 spiro atoms. The fourth-order valence-corrected chi connectivity index (χ4v) is 3.72. The fraction of sp³-hybridized carbons (Fsp3) is 0.571. The second kappa shape index (κ2) is 6.39. The van der Waals surface area contributed by atoms with Crippen molar-refractivity contribution in [3.63, 3.8) is 0 Å². The van der Waals surface area contributed by atoms with Crippen molar-refractivity contribution in [1.29, 1.82) is 0 Å². The molecule has 1 aromatic rings. The topological polar surface area (TPSA) is 69.6 Å². The average Bonchev–Trinajstić information content (AvgIpc) is 2.47. The highest BCUT2D eigenvalue weighted by Crippen LogP contribution is 2.21. The van der Waals surface area contributed by atoms with Crippen molar-refractivity contribution in [2.24, 2.45) is 0 Å². The molecular formula is C14H21FN2O3S. The summed E-state index contributed by atoms with van der Waals surface area (Å²) in [4.78, 5) is 0. The van der Waals surface area contributed by atoms with Gasteiger partial charge in [0.15, 0.2) is 0 Å². The first-order valence-corrected chi connectivity index (χ1v) is 8.48. The summed E-state index contributed by atoms with van der Waals surface area (Å²) in [5.74, 6) is -0.400. The van der Waals surface area contributed by atoms with Gasteiger partial charge in [-0.15, -0.1) is 0 Å². The molecule has 1 aliphatic rings. The highest BCUT2D eigenvalue weighted by Gasteiger charge is 2.29. The SMILES string of the molecule is CC(O)(CNS(=O)(=O)N1CCCCC1)c1ccc(F)cc1. The largest absolute Gasteiger partial charge is 0.384 e. The summed E-state index contributed by atoms with van der Waals surface area (Å²) in [6.45, 7) is 2.36. The number of halogens is 1. The Morgan fingerprint density at radius 3 is 2.38 bits per heavy atom. The van der Waals surface area contributed by atoms with Gasteiger partial charge in [0.05, 0.1) is 0 Å². The van der Waals surface area contributed by atoms with Crippen LogP contribution >= 0.6 is 0 Å². The van der Waals surface area contributed by atoms with Crippen LogP contribution in [0.4, 0.5) is 4.39 Å². The Balaban J connectivity index is 2.01. The molecule has 0 aliphatic carbocycles. The molecule has 0 aromatic heterocycles. The number of aliphatic hydroxyl groups is 1. The zero-order chi connectivity index (χ0) is 15.5. The van der Waals surface area contributed by atoms with Crippen molar-refractivity contribution in [2.75, 3.05) is 19.6 Å². The van der Waals surface area contributed by atoms with Crippen molar-refractivity contribution in [2.45, 2.75) is 31.8 Å². The Hall–Kier alpha value is -1.02. The van der Waals surface area contributed by atoms with Crippen LogP contribution in [0.3, 0.4) is 0 Å². The summed E-state index contributed by atoms with van der Waals surface area (Å²) < 4.78 is 41.1. The van der Waals surface area contributed by atoms with Gasteiger partial charge >= 0.3 is 0 Å². The summed E-state index contributed by atoms with van der Waals surface area (Å²) in [6.07, 6.45) is 2.75. The summed E-state index contributed by atoms with van der Waals surface area (Å²) in [6, 6.07) is 5.38. The standard InChI is InChI=1S/C14H21FN2O3S/c1-14(18,12-5-7-13(15)8-6-12)11-16-21(19,20)17-9-3-2-4-10-17/h5-8,16,18H,2-4,9-11H2,1H3. The van der Waals surface area contributed by atoms with Crippen LogP contribution in [0.15, 0.2) is 24.3 Å². The van der Waals surface area contributed by atoms with Crippen LogP contribution in [0.25, 0.3) is 0 Å². The molecule has 0 radical (unpaired) electrons. The van der Waals surface area contributed by atoms with Gasteiger partial charge in [-0.1, -0.05) is 18.6 Å². The lowest BCUT2D eigenvalue weighted by Gasteiger charge is -2.29. The molecule has 7 heteroatoms. The number of hydrogen-bond acceptors (Lipinski definition) is 3. The van der Waals surface area contributed by atoms with E-state index in [9.17, 15) is 17.9 Å². The van der Waals surface area contributed by atoms with Crippen LogP contribution in [0.2, 0.25) is 0 Å². The predicted molar refractivity (Wildman–Crippen MR) is 78.3 cm³/mol. The summed E-state index contributed by atoms with van der Waals surface area (Å²) in [5, 5.41) is 10.4. The quantitative estimate of drug-likeness (QED) is 0.861. The molecule has 0 bridgehead atoms. The van der Waals surface area contributed by atoms with Crippen molar-refractivity contribution >= 4 is 10.2 Å². The van der Waals surface area contributed by atoms with E-state index in [0.717, 1.165) is 19.3 Å². The van der Waals surface area contributed by atoms with E-state index >= 15 is 0 Å². The minimum absolute atomic E-state index is 0.155. The number of nitrogens with one attached hydrogen (secondary N) is 1. The first-order valence-electron chi connectivity index (χ1n) is 7.04. The van der Waals surface area contributed by atoms with Crippen LogP contribution in [0.5, 0.6) is 0 Å². The first-order chi connectivity index (χ1) is 9.81. The van der Waals surface area contributed by atoms with Gasteiger partial charge in [0.1, 0.15) is 11.4 Å². The molecule has 1 unspecified atom stereocenters. The molecule has 1 saturated heterocycles. The number of benzene rings is 1. The molecule has 2 rings (SSSR count). The minimum atomic E-state index is -3.58. The molecule has 0 amide bonds. The predicted octanol–water partition coefficient (Wildman–Crippen LogP) is 1.35. The molecule has 1 fully saturated rings. The van der Waals surface area contributed by atoms with Gasteiger partial charge in [0.2, 0.25) is 0 Å². The van der Waals surface area contributed by atoms with Gasteiger partial charge in [0.25, 0.3) is 10.2 Å². The first kappa shape index (κ1) is 16.4. The summed E-state index contributed by atoms with van der Waals surface area (Å²) in [7, 11) is -3.58. The molecule has 1 heterocycles. The molecular weight excluding hydrogens is 295 g/mol. The number of piperidine rings is 1. The van der Waals surface area contributed by atoms with E-state index in [0.29, 0.717) is 18.7 Å². The molecule has 0 saturated carbocycles. The lowest BCUT2D eigenvalue weighted by Crippen LogP contribution is -2.47. The Kier molecular flexibility index (Phi) is 4.98. The van der Waals surface area contributed by atoms with Crippen molar-refractivity contribution in [3.05, 3.63) is 35.6 Å². The number of rotatable bonds is 5. The van der Waals surface area contributed by atoms with Crippen molar-refractivity contribution < 1.29 is 17.9 Å². The molecule has 21 heavy (non-hydrogen) atoms. The third-order valence-corrected chi connectivity index (χ3v) is 5.27. The third kappa shape index (κ3) is 4.23. The second-order valence-corrected chi connectivity index (χ2v) is 7.32. The van der Waals surface area contributed by atoms with E-state index in [4.69, 9.17) is 0 Å². The Morgan fingerprint density at radius 2 is 1.81 bits per heavy atom. The minimum Gasteiger partial charge on any atom is -0.384 e. The summed E-state index contributed by atoms with van der Waals surface area (Å²) in [5.41, 5.74) is -0.929. The van der Waals surface area contributed by atoms with Gasteiger partial charge < -0.3 is 5.11 Å². The molecule has 1 aromatic carbocycles. The van der Waals surface area contributed by atoms with Crippen molar-refractivity contribution in [3.8, 4) is 0 Å². The van der Waals surface area contributed by atoms with Gasteiger partial charge in [-0.2, -0.15) is 17.4 Å². The zero-order valence-corrected chi connectivity index (χ0v) is 12.9. The molecule has 1 aliphatic heterocycles. The van der Waals surface area contributed by atoms with Crippen LogP contribution in [0, 0.1) is 5.82 Å². The Labute approximate surface area is 125 Å². The fourth-order valence-electron chi connectivity index (χ4n) is 2.34. The van der Waals surface area contributed by atoms with Gasteiger partial charge in [-0.05, 0) is 37.5 Å². The number of hydrogen-bond donors (Lipinski definition) is 2. The van der Waals surface area contributed by atoms with E-state index in [-0.39, 0.29) is 6.54 Å². The smallest absolute Gasteiger partial charge is 0.279 e. The van der Waals surface area contributed by atoms with E-state index in [2.05, 4.69) is 4.72 Å².